The molecule has 6 nitrogen and oxygen atoms in total. The topological polar surface area (TPSA) is 72.7 Å². The predicted octanol–water partition coefficient (Wildman–Crippen LogP) is 4.98. The molecule has 1 aromatic carbocycles. The minimum atomic E-state index is -0.324. The predicted molar refractivity (Wildman–Crippen MR) is 127 cm³/mol. The smallest absolute Gasteiger partial charge is 0.338 e. The number of aromatic nitrogens is 1. The Bertz CT molecular complexity index is 1150. The van der Waals surface area contributed by atoms with Gasteiger partial charge in [-0.05, 0) is 88.4 Å². The van der Waals surface area contributed by atoms with Crippen molar-refractivity contribution in [2.24, 2.45) is 5.10 Å². The van der Waals surface area contributed by atoms with Crippen LogP contribution in [0.15, 0.2) is 41.5 Å². The lowest BCUT2D eigenvalue weighted by Gasteiger charge is -2.10. The Hall–Kier alpha value is -3.19. The summed E-state index contributed by atoms with van der Waals surface area (Å²) in [5.41, 5.74) is 8.40. The summed E-state index contributed by atoms with van der Waals surface area (Å²) in [6.07, 6.45) is 6.22. The van der Waals surface area contributed by atoms with Crippen molar-refractivity contribution in [3.8, 4) is 5.69 Å². The molecule has 0 unspecified atom stereocenters. The Morgan fingerprint density at radius 3 is 2.62 bits per heavy atom. The number of hydrogen-bond donors (Lipinski definition) is 1. The minimum Gasteiger partial charge on any atom is -0.462 e. The van der Waals surface area contributed by atoms with Crippen LogP contribution in [0.4, 0.5) is 0 Å². The molecule has 1 aliphatic carbocycles. The van der Waals surface area contributed by atoms with Crippen molar-refractivity contribution in [1.29, 1.82) is 0 Å². The van der Waals surface area contributed by atoms with Crippen LogP contribution in [-0.2, 0) is 17.6 Å². The van der Waals surface area contributed by atoms with Gasteiger partial charge in [0.1, 0.15) is 0 Å². The van der Waals surface area contributed by atoms with Crippen LogP contribution in [0.1, 0.15) is 67.2 Å². The van der Waals surface area contributed by atoms with E-state index in [9.17, 15) is 9.59 Å². The average molecular weight is 450 g/mol. The number of esters is 1. The molecule has 0 saturated heterocycles. The summed E-state index contributed by atoms with van der Waals surface area (Å²) in [4.78, 5) is 26.5. The van der Waals surface area contributed by atoms with E-state index in [0.29, 0.717) is 12.2 Å². The molecule has 32 heavy (non-hydrogen) atoms. The van der Waals surface area contributed by atoms with Gasteiger partial charge in [0.25, 0.3) is 5.91 Å². The number of hydrogen-bond acceptors (Lipinski definition) is 5. The maximum Gasteiger partial charge on any atom is 0.338 e. The Balaban J connectivity index is 1.47. The summed E-state index contributed by atoms with van der Waals surface area (Å²) in [6.45, 7) is 6.16. The van der Waals surface area contributed by atoms with Crippen LogP contribution in [0.5, 0.6) is 0 Å². The van der Waals surface area contributed by atoms with E-state index in [0.717, 1.165) is 40.4 Å². The number of nitrogens with one attached hydrogen (secondary N) is 1. The summed E-state index contributed by atoms with van der Waals surface area (Å²) in [7, 11) is 0. The molecule has 166 valence electrons. The Morgan fingerprint density at radius 2 is 1.91 bits per heavy atom. The lowest BCUT2D eigenvalue weighted by atomic mass is 9.99. The van der Waals surface area contributed by atoms with Crippen molar-refractivity contribution >= 4 is 29.4 Å². The molecule has 3 aromatic rings. The summed E-state index contributed by atoms with van der Waals surface area (Å²) < 4.78 is 7.14. The van der Waals surface area contributed by atoms with Crippen molar-refractivity contribution in [2.75, 3.05) is 6.61 Å². The van der Waals surface area contributed by atoms with Gasteiger partial charge in [0, 0.05) is 27.5 Å². The van der Waals surface area contributed by atoms with Crippen molar-refractivity contribution in [2.45, 2.75) is 46.5 Å². The number of fused-ring (bicyclic) bond motifs is 1. The van der Waals surface area contributed by atoms with Crippen LogP contribution in [0.25, 0.3) is 5.69 Å². The van der Waals surface area contributed by atoms with E-state index in [1.807, 2.05) is 38.1 Å². The van der Waals surface area contributed by atoms with Gasteiger partial charge in [-0.3, -0.25) is 4.79 Å². The fourth-order valence-electron chi connectivity index (χ4n) is 4.09. The lowest BCUT2D eigenvalue weighted by molar-refractivity contribution is 0.0526. The monoisotopic (exact) mass is 449 g/mol. The van der Waals surface area contributed by atoms with Crippen LogP contribution in [0, 0.1) is 13.8 Å². The average Bonchev–Trinajstić information content (AvgIpc) is 3.35. The second-order valence-corrected chi connectivity index (χ2v) is 9.03. The second kappa shape index (κ2) is 9.53. The summed E-state index contributed by atoms with van der Waals surface area (Å²) in [5.74, 6) is -0.487. The van der Waals surface area contributed by atoms with Gasteiger partial charge in [-0.25, -0.2) is 10.2 Å². The second-order valence-electron chi connectivity index (χ2n) is 7.89. The minimum absolute atomic E-state index is 0.163. The number of rotatable bonds is 6. The molecule has 0 fully saturated rings. The zero-order chi connectivity index (χ0) is 22.7. The number of ether oxygens (including phenoxy) is 1. The zero-order valence-electron chi connectivity index (χ0n) is 18.6. The highest BCUT2D eigenvalue weighted by atomic mass is 32.1. The summed E-state index contributed by atoms with van der Waals surface area (Å²) in [5, 5.41) is 4.20. The van der Waals surface area contributed by atoms with E-state index in [1.165, 1.54) is 23.3 Å². The summed E-state index contributed by atoms with van der Waals surface area (Å²) >= 11 is 1.58. The third-order valence-corrected chi connectivity index (χ3v) is 6.93. The first-order chi connectivity index (χ1) is 15.5. The maximum atomic E-state index is 12.5. The maximum absolute atomic E-state index is 12.5. The fraction of sp³-hybridized carbons (Fsp3) is 0.320. The molecule has 0 radical (unpaired) electrons. The number of carbonyl (C=O) groups is 2. The fourth-order valence-corrected chi connectivity index (χ4v) is 5.24. The van der Waals surface area contributed by atoms with Crippen molar-refractivity contribution in [1.82, 2.24) is 9.99 Å². The first-order valence-electron chi connectivity index (χ1n) is 10.9. The largest absolute Gasteiger partial charge is 0.462 e. The number of aryl methyl sites for hydroxylation is 3. The molecule has 1 N–H and O–H groups in total. The molecule has 0 spiro atoms. The number of carbonyl (C=O) groups excluding carboxylic acids is 2. The molecule has 0 aliphatic heterocycles. The van der Waals surface area contributed by atoms with Gasteiger partial charge in [0.05, 0.1) is 23.3 Å². The number of benzene rings is 1. The molecule has 0 bridgehead atoms. The van der Waals surface area contributed by atoms with Crippen LogP contribution in [-0.4, -0.2) is 29.3 Å². The molecular weight excluding hydrogens is 422 g/mol. The SMILES string of the molecule is CCOC(=O)c1ccc(-n2c(C)cc(/C=N/NC(=O)c3cc4c(s3)CCCC4)c2C)cc1. The van der Waals surface area contributed by atoms with Crippen LogP contribution < -0.4 is 5.43 Å². The van der Waals surface area contributed by atoms with E-state index in [1.54, 1.807) is 36.6 Å². The third kappa shape index (κ3) is 4.53. The zero-order valence-corrected chi connectivity index (χ0v) is 19.4. The van der Waals surface area contributed by atoms with Crippen molar-refractivity contribution in [3.63, 3.8) is 0 Å². The van der Waals surface area contributed by atoms with Gasteiger partial charge < -0.3 is 9.30 Å². The van der Waals surface area contributed by atoms with Gasteiger partial charge in [-0.15, -0.1) is 11.3 Å². The molecule has 0 saturated carbocycles. The quantitative estimate of drug-likeness (QED) is 0.328. The number of hydrazone groups is 1. The molecule has 2 heterocycles. The van der Waals surface area contributed by atoms with Crippen molar-refractivity contribution in [3.05, 3.63) is 74.2 Å². The van der Waals surface area contributed by atoms with E-state index in [-0.39, 0.29) is 11.9 Å². The number of nitrogens with zero attached hydrogens (tertiary/aromatic N) is 2. The first kappa shape index (κ1) is 22.0. The highest BCUT2D eigenvalue weighted by Gasteiger charge is 2.17. The molecular formula is C25H27N3O3S. The highest BCUT2D eigenvalue weighted by molar-refractivity contribution is 7.14. The molecule has 1 amide bonds. The lowest BCUT2D eigenvalue weighted by Crippen LogP contribution is -2.16. The Morgan fingerprint density at radius 1 is 1.16 bits per heavy atom. The molecule has 0 atom stereocenters. The summed E-state index contributed by atoms with van der Waals surface area (Å²) in [6, 6.07) is 11.4. The van der Waals surface area contributed by atoms with Gasteiger partial charge >= 0.3 is 5.97 Å². The van der Waals surface area contributed by atoms with Gasteiger partial charge in [0.15, 0.2) is 0 Å². The van der Waals surface area contributed by atoms with E-state index >= 15 is 0 Å². The van der Waals surface area contributed by atoms with Gasteiger partial charge in [0.2, 0.25) is 0 Å². The molecule has 1 aliphatic rings. The molecule has 2 aromatic heterocycles. The molecule has 7 heteroatoms. The number of amides is 1. The van der Waals surface area contributed by atoms with Crippen LogP contribution in [0.2, 0.25) is 0 Å². The van der Waals surface area contributed by atoms with E-state index in [4.69, 9.17) is 4.74 Å². The standard InChI is InChI=1S/C25H27N3O3S/c1-4-31-25(30)18-9-11-21(12-10-18)28-16(2)13-20(17(28)3)15-26-27-24(29)23-14-19-7-5-6-8-22(19)32-23/h9-15H,4-8H2,1-3H3,(H,27,29)/b26-15+. The first-order valence-corrected chi connectivity index (χ1v) is 11.7. The highest BCUT2D eigenvalue weighted by Crippen LogP contribution is 2.29. The normalized spacial score (nSPS) is 13.2. The van der Waals surface area contributed by atoms with E-state index < -0.39 is 0 Å². The number of thiophene rings is 1. The third-order valence-electron chi connectivity index (χ3n) is 5.70. The van der Waals surface area contributed by atoms with Crippen LogP contribution in [0.3, 0.4) is 0 Å². The Labute approximate surface area is 191 Å². The van der Waals surface area contributed by atoms with Gasteiger partial charge in [-0.1, -0.05) is 0 Å². The molecule has 4 rings (SSSR count). The van der Waals surface area contributed by atoms with Crippen LogP contribution >= 0.6 is 11.3 Å². The van der Waals surface area contributed by atoms with Crippen molar-refractivity contribution < 1.29 is 14.3 Å². The Kier molecular flexibility index (Phi) is 6.55. The van der Waals surface area contributed by atoms with Gasteiger partial charge in [-0.2, -0.15) is 5.10 Å². The van der Waals surface area contributed by atoms with E-state index in [2.05, 4.69) is 15.1 Å².